The van der Waals surface area contributed by atoms with Crippen molar-refractivity contribution in [1.82, 2.24) is 4.90 Å². The quantitative estimate of drug-likeness (QED) is 0.755. The predicted molar refractivity (Wildman–Crippen MR) is 90.9 cm³/mol. The number of carbonyl (C=O) groups is 2. The molecule has 0 N–H and O–H groups in total. The number of ketones is 1. The van der Waals surface area contributed by atoms with Gasteiger partial charge in [0.2, 0.25) is 0 Å². The first-order valence-electron chi connectivity index (χ1n) is 8.38. The zero-order chi connectivity index (χ0) is 17.6. The Hall–Kier alpha value is -2.60. The third-order valence-electron chi connectivity index (χ3n) is 4.12. The summed E-state index contributed by atoms with van der Waals surface area (Å²) >= 11 is 0. The molecule has 2 aromatic rings. The largest absolute Gasteiger partial charge is 0.493 e. The number of amides is 1. The van der Waals surface area contributed by atoms with Crippen LogP contribution in [0.3, 0.4) is 0 Å². The van der Waals surface area contributed by atoms with Crippen molar-refractivity contribution in [2.24, 2.45) is 0 Å². The van der Waals surface area contributed by atoms with Gasteiger partial charge in [0, 0.05) is 13.0 Å². The van der Waals surface area contributed by atoms with Gasteiger partial charge < -0.3 is 18.8 Å². The van der Waals surface area contributed by atoms with Crippen molar-refractivity contribution in [3.05, 3.63) is 54.0 Å². The van der Waals surface area contributed by atoms with Gasteiger partial charge in [0.25, 0.3) is 5.91 Å². The molecule has 0 bridgehead atoms. The summed E-state index contributed by atoms with van der Waals surface area (Å²) in [5, 5.41) is 0. The molecule has 1 amide bonds. The molecule has 6 heteroatoms. The molecule has 25 heavy (non-hydrogen) atoms. The lowest BCUT2D eigenvalue weighted by molar-refractivity contribution is -0.00319. The van der Waals surface area contributed by atoms with E-state index in [1.54, 1.807) is 35.2 Å². The fourth-order valence-corrected chi connectivity index (χ4v) is 2.92. The molecule has 0 spiro atoms. The fraction of sp³-hybridized carbons (Fsp3) is 0.368. The van der Waals surface area contributed by atoms with E-state index in [4.69, 9.17) is 13.9 Å². The minimum absolute atomic E-state index is 0.142. The summed E-state index contributed by atoms with van der Waals surface area (Å²) in [5.41, 5.74) is 0.502. The second kappa shape index (κ2) is 7.98. The van der Waals surface area contributed by atoms with E-state index in [0.717, 1.165) is 0 Å². The van der Waals surface area contributed by atoms with Crippen LogP contribution in [0, 0.1) is 0 Å². The van der Waals surface area contributed by atoms with Gasteiger partial charge in [0.1, 0.15) is 5.75 Å². The molecule has 1 saturated heterocycles. The maximum absolute atomic E-state index is 13.0. The zero-order valence-corrected chi connectivity index (χ0v) is 14.1. The maximum Gasteiger partial charge on any atom is 0.258 e. The van der Waals surface area contributed by atoms with Crippen molar-refractivity contribution < 1.29 is 23.5 Å². The molecule has 0 aliphatic carbocycles. The lowest BCUT2D eigenvalue weighted by Gasteiger charge is -2.35. The molecule has 0 saturated carbocycles. The number of para-hydroxylation sites is 1. The third-order valence-corrected chi connectivity index (χ3v) is 4.12. The summed E-state index contributed by atoms with van der Waals surface area (Å²) < 4.78 is 16.2. The van der Waals surface area contributed by atoms with Crippen LogP contribution in [0.25, 0.3) is 0 Å². The van der Waals surface area contributed by atoms with Crippen LogP contribution < -0.4 is 4.74 Å². The average Bonchev–Trinajstić information content (AvgIpc) is 3.17. The Balaban J connectivity index is 1.78. The molecule has 0 radical (unpaired) electrons. The summed E-state index contributed by atoms with van der Waals surface area (Å²) in [7, 11) is 0. The van der Waals surface area contributed by atoms with Gasteiger partial charge in [0.15, 0.2) is 11.5 Å². The standard InChI is InChI=1S/C19H21NO5/c1-2-24-17-7-4-3-6-15(17)19(22)20-9-11-23-13-14(20)12-16(21)18-8-5-10-25-18/h3-8,10,14H,2,9,11-13H2,1H3. The van der Waals surface area contributed by atoms with Gasteiger partial charge in [-0.15, -0.1) is 0 Å². The number of nitrogens with zero attached hydrogens (tertiary/aromatic N) is 1. The number of hydrogen-bond donors (Lipinski definition) is 0. The van der Waals surface area contributed by atoms with Crippen LogP contribution in [0.2, 0.25) is 0 Å². The summed E-state index contributed by atoms with van der Waals surface area (Å²) in [6, 6.07) is 10.1. The fourth-order valence-electron chi connectivity index (χ4n) is 2.92. The van der Waals surface area contributed by atoms with Crippen LogP contribution in [0.1, 0.15) is 34.3 Å². The van der Waals surface area contributed by atoms with Crippen molar-refractivity contribution in [2.75, 3.05) is 26.4 Å². The first-order chi connectivity index (χ1) is 12.2. The van der Waals surface area contributed by atoms with Crippen molar-refractivity contribution in [3.8, 4) is 5.75 Å². The summed E-state index contributed by atoms with van der Waals surface area (Å²) in [5.74, 6) is 0.561. The highest BCUT2D eigenvalue weighted by molar-refractivity contribution is 5.98. The monoisotopic (exact) mass is 343 g/mol. The lowest BCUT2D eigenvalue weighted by atomic mass is 10.0. The lowest BCUT2D eigenvalue weighted by Crippen LogP contribution is -2.49. The number of hydrogen-bond acceptors (Lipinski definition) is 5. The van der Waals surface area contributed by atoms with Crippen LogP contribution in [0.5, 0.6) is 5.75 Å². The van der Waals surface area contributed by atoms with E-state index >= 15 is 0 Å². The Labute approximate surface area is 146 Å². The minimum Gasteiger partial charge on any atom is -0.493 e. The van der Waals surface area contributed by atoms with Gasteiger partial charge in [-0.1, -0.05) is 12.1 Å². The number of benzene rings is 1. The van der Waals surface area contributed by atoms with E-state index in [0.29, 0.717) is 43.4 Å². The molecule has 1 aliphatic rings. The van der Waals surface area contributed by atoms with Crippen molar-refractivity contribution in [1.29, 1.82) is 0 Å². The smallest absolute Gasteiger partial charge is 0.258 e. The van der Waals surface area contributed by atoms with E-state index in [9.17, 15) is 9.59 Å². The number of Topliss-reactive ketones (excluding diaryl/α,β-unsaturated/α-hetero) is 1. The van der Waals surface area contributed by atoms with Crippen molar-refractivity contribution in [2.45, 2.75) is 19.4 Å². The molecule has 3 rings (SSSR count). The van der Waals surface area contributed by atoms with Crippen LogP contribution in [-0.2, 0) is 4.74 Å². The number of morpholine rings is 1. The summed E-state index contributed by atoms with van der Waals surface area (Å²) in [6.45, 7) is 3.58. The molecule has 1 atom stereocenters. The number of rotatable bonds is 6. The zero-order valence-electron chi connectivity index (χ0n) is 14.1. The highest BCUT2D eigenvalue weighted by Gasteiger charge is 2.31. The molecule has 1 aromatic carbocycles. The molecule has 132 valence electrons. The highest BCUT2D eigenvalue weighted by Crippen LogP contribution is 2.23. The average molecular weight is 343 g/mol. The first kappa shape index (κ1) is 17.2. The van der Waals surface area contributed by atoms with Crippen LogP contribution >= 0.6 is 0 Å². The minimum atomic E-state index is -0.325. The van der Waals surface area contributed by atoms with Gasteiger partial charge in [-0.3, -0.25) is 9.59 Å². The van der Waals surface area contributed by atoms with Crippen LogP contribution in [0.4, 0.5) is 0 Å². The second-order valence-electron chi connectivity index (χ2n) is 5.76. The normalized spacial score (nSPS) is 17.3. The first-order valence-corrected chi connectivity index (χ1v) is 8.38. The molecule has 1 fully saturated rings. The Morgan fingerprint density at radius 1 is 1.24 bits per heavy atom. The molecule has 1 aliphatic heterocycles. The molecule has 2 heterocycles. The van der Waals surface area contributed by atoms with E-state index in [1.807, 2.05) is 13.0 Å². The Morgan fingerprint density at radius 3 is 2.84 bits per heavy atom. The predicted octanol–water partition coefficient (Wildman–Crippen LogP) is 2.79. The van der Waals surface area contributed by atoms with Crippen molar-refractivity contribution >= 4 is 11.7 Å². The van der Waals surface area contributed by atoms with E-state index in [-0.39, 0.29) is 24.2 Å². The topological polar surface area (TPSA) is 69.0 Å². The van der Waals surface area contributed by atoms with E-state index in [1.165, 1.54) is 6.26 Å². The van der Waals surface area contributed by atoms with Gasteiger partial charge in [-0.2, -0.15) is 0 Å². The van der Waals surface area contributed by atoms with Crippen LogP contribution in [-0.4, -0.2) is 49.0 Å². The van der Waals surface area contributed by atoms with Gasteiger partial charge in [-0.25, -0.2) is 0 Å². The SMILES string of the molecule is CCOc1ccccc1C(=O)N1CCOCC1CC(=O)c1ccco1. The van der Waals surface area contributed by atoms with Gasteiger partial charge >= 0.3 is 0 Å². The summed E-state index contributed by atoms with van der Waals surface area (Å²) in [4.78, 5) is 27.1. The molecule has 1 aromatic heterocycles. The van der Waals surface area contributed by atoms with Gasteiger partial charge in [-0.05, 0) is 31.2 Å². The third kappa shape index (κ3) is 3.91. The number of carbonyl (C=O) groups excluding carboxylic acids is 2. The van der Waals surface area contributed by atoms with Gasteiger partial charge in [0.05, 0.1) is 37.7 Å². The van der Waals surface area contributed by atoms with E-state index < -0.39 is 0 Å². The number of ether oxygens (including phenoxy) is 2. The van der Waals surface area contributed by atoms with Crippen molar-refractivity contribution in [3.63, 3.8) is 0 Å². The molecule has 1 unspecified atom stereocenters. The van der Waals surface area contributed by atoms with Crippen LogP contribution in [0.15, 0.2) is 47.1 Å². The maximum atomic E-state index is 13.0. The Kier molecular flexibility index (Phi) is 5.50. The Bertz CT molecular complexity index is 725. The molecular weight excluding hydrogens is 322 g/mol. The number of furan rings is 1. The highest BCUT2D eigenvalue weighted by atomic mass is 16.5. The second-order valence-corrected chi connectivity index (χ2v) is 5.76. The molecular formula is C19H21NO5. The Morgan fingerprint density at radius 2 is 2.08 bits per heavy atom. The summed E-state index contributed by atoms with van der Waals surface area (Å²) in [6.07, 6.45) is 1.63. The molecule has 6 nitrogen and oxygen atoms in total. The van der Waals surface area contributed by atoms with E-state index in [2.05, 4.69) is 0 Å².